The van der Waals surface area contributed by atoms with Gasteiger partial charge < -0.3 is 15.2 Å². The minimum absolute atomic E-state index is 0.0261. The van der Waals surface area contributed by atoms with Gasteiger partial charge in [0.15, 0.2) is 5.82 Å². The zero-order valence-corrected chi connectivity index (χ0v) is 13.9. The number of amides is 1. The number of anilines is 2. The number of aromatic nitrogens is 2. The molecule has 0 aliphatic rings. The molecular weight excluding hydrogens is 337 g/mol. The molecule has 25 heavy (non-hydrogen) atoms. The summed E-state index contributed by atoms with van der Waals surface area (Å²) in [6.45, 7) is 3.23. The van der Waals surface area contributed by atoms with E-state index in [-0.39, 0.29) is 23.8 Å². The lowest BCUT2D eigenvalue weighted by molar-refractivity contribution is -0.137. The van der Waals surface area contributed by atoms with E-state index in [1.165, 1.54) is 19.1 Å². The van der Waals surface area contributed by atoms with E-state index < -0.39 is 17.6 Å². The summed E-state index contributed by atoms with van der Waals surface area (Å²) in [5, 5.41) is 8.78. The number of rotatable bonds is 7. The molecule has 2 N–H and O–H groups in total. The van der Waals surface area contributed by atoms with Gasteiger partial charge in [0.05, 0.1) is 12.1 Å². The first kappa shape index (κ1) is 18.8. The molecule has 6 nitrogen and oxygen atoms in total. The number of nitrogens with zero attached hydrogens (tertiary/aromatic N) is 2. The van der Waals surface area contributed by atoms with Crippen LogP contribution in [0.25, 0.3) is 0 Å². The summed E-state index contributed by atoms with van der Waals surface area (Å²) in [6.07, 6.45) is -2.01. The van der Waals surface area contributed by atoms with Crippen molar-refractivity contribution in [2.75, 3.05) is 10.6 Å². The molecule has 0 saturated heterocycles. The maximum atomic E-state index is 13.2. The van der Waals surface area contributed by atoms with E-state index in [0.717, 1.165) is 18.9 Å². The first-order valence-corrected chi connectivity index (χ1v) is 7.83. The van der Waals surface area contributed by atoms with Gasteiger partial charge in [-0.2, -0.15) is 18.2 Å². The second-order valence-corrected chi connectivity index (χ2v) is 5.50. The first-order valence-electron chi connectivity index (χ1n) is 7.83. The van der Waals surface area contributed by atoms with Gasteiger partial charge >= 0.3 is 6.18 Å². The molecule has 1 heterocycles. The molecule has 1 aromatic heterocycles. The molecule has 2 aromatic rings. The molecule has 0 spiro atoms. The van der Waals surface area contributed by atoms with E-state index in [4.69, 9.17) is 4.52 Å². The number of unbranched alkanes of at least 4 members (excludes halogenated alkanes) is 1. The van der Waals surface area contributed by atoms with Gasteiger partial charge in [0.2, 0.25) is 11.8 Å². The molecule has 0 bridgehead atoms. The molecule has 0 radical (unpaired) electrons. The lowest BCUT2D eigenvalue weighted by Crippen LogP contribution is -2.13. The Bertz CT molecular complexity index is 728. The van der Waals surface area contributed by atoms with Gasteiger partial charge in [-0.3, -0.25) is 4.79 Å². The van der Waals surface area contributed by atoms with Crippen molar-refractivity contribution >= 4 is 17.3 Å². The van der Waals surface area contributed by atoms with Gasteiger partial charge in [-0.05, 0) is 24.6 Å². The molecule has 2 rings (SSSR count). The zero-order chi connectivity index (χ0) is 18.4. The maximum absolute atomic E-state index is 13.2. The van der Waals surface area contributed by atoms with Crippen LogP contribution in [0.1, 0.15) is 44.0 Å². The highest BCUT2D eigenvalue weighted by atomic mass is 19.4. The molecule has 0 saturated carbocycles. The Morgan fingerprint density at radius 3 is 2.72 bits per heavy atom. The molecule has 1 aromatic carbocycles. The number of hydrogen-bond donors (Lipinski definition) is 2. The van der Waals surface area contributed by atoms with Crippen molar-refractivity contribution in [1.82, 2.24) is 10.1 Å². The molecule has 0 aliphatic carbocycles. The van der Waals surface area contributed by atoms with Gasteiger partial charge in [0, 0.05) is 24.7 Å². The molecule has 9 heteroatoms. The predicted molar refractivity (Wildman–Crippen MR) is 86.0 cm³/mol. The van der Waals surface area contributed by atoms with Gasteiger partial charge in [0.25, 0.3) is 0 Å². The molecule has 136 valence electrons. The number of carbonyl (C=O) groups excluding carboxylic acids is 1. The highest BCUT2D eigenvalue weighted by Gasteiger charge is 2.34. The number of halogens is 3. The van der Waals surface area contributed by atoms with Crippen molar-refractivity contribution in [3.05, 3.63) is 35.5 Å². The lowest BCUT2D eigenvalue weighted by atomic mass is 10.1. The van der Waals surface area contributed by atoms with E-state index in [1.807, 2.05) is 6.92 Å². The molecule has 0 atom stereocenters. The fourth-order valence-corrected chi connectivity index (χ4v) is 2.18. The van der Waals surface area contributed by atoms with Crippen LogP contribution >= 0.6 is 0 Å². The standard InChI is InChI=1S/C16H19F3N4O2/c1-3-4-5-14-22-15(25-23-14)9-20-13-7-6-11(21-10(2)24)8-12(13)16(17,18)19/h6-8,20H,3-5,9H2,1-2H3,(H,21,24). The van der Waals surface area contributed by atoms with Crippen LogP contribution in [-0.4, -0.2) is 16.0 Å². The number of alkyl halides is 3. The Labute approximate surface area is 142 Å². The van der Waals surface area contributed by atoms with E-state index in [0.29, 0.717) is 12.2 Å². The maximum Gasteiger partial charge on any atom is 0.418 e. The Kier molecular flexibility index (Phi) is 6.00. The first-order chi connectivity index (χ1) is 11.8. The van der Waals surface area contributed by atoms with Crippen molar-refractivity contribution < 1.29 is 22.5 Å². The Morgan fingerprint density at radius 2 is 2.08 bits per heavy atom. The molecular formula is C16H19F3N4O2. The largest absolute Gasteiger partial charge is 0.418 e. The lowest BCUT2D eigenvalue weighted by Gasteiger charge is -2.15. The smallest absolute Gasteiger partial charge is 0.376 e. The van der Waals surface area contributed by atoms with E-state index >= 15 is 0 Å². The van der Waals surface area contributed by atoms with Crippen LogP contribution in [0, 0.1) is 0 Å². The van der Waals surface area contributed by atoms with Crippen molar-refractivity contribution in [1.29, 1.82) is 0 Å². The topological polar surface area (TPSA) is 80.0 Å². The summed E-state index contributed by atoms with van der Waals surface area (Å²) in [5.74, 6) is 0.306. The average Bonchev–Trinajstić information content (AvgIpc) is 2.98. The summed E-state index contributed by atoms with van der Waals surface area (Å²) < 4.78 is 44.7. The molecule has 0 unspecified atom stereocenters. The van der Waals surface area contributed by atoms with Gasteiger partial charge in [-0.15, -0.1) is 0 Å². The van der Waals surface area contributed by atoms with E-state index in [9.17, 15) is 18.0 Å². The normalized spacial score (nSPS) is 11.4. The van der Waals surface area contributed by atoms with Crippen molar-refractivity contribution in [2.45, 2.75) is 45.8 Å². The van der Waals surface area contributed by atoms with Crippen LogP contribution in [0.3, 0.4) is 0 Å². The third kappa shape index (κ3) is 5.47. The summed E-state index contributed by atoms with van der Waals surface area (Å²) in [6, 6.07) is 3.52. The summed E-state index contributed by atoms with van der Waals surface area (Å²) in [4.78, 5) is 15.1. The summed E-state index contributed by atoms with van der Waals surface area (Å²) in [7, 11) is 0. The fraction of sp³-hybridized carbons (Fsp3) is 0.438. The molecule has 0 aliphatic heterocycles. The van der Waals surface area contributed by atoms with Crippen LogP contribution in [0.15, 0.2) is 22.7 Å². The number of benzene rings is 1. The minimum atomic E-state index is -4.57. The number of hydrogen-bond acceptors (Lipinski definition) is 5. The van der Waals surface area contributed by atoms with Crippen molar-refractivity contribution in [3.63, 3.8) is 0 Å². The highest BCUT2D eigenvalue weighted by Crippen LogP contribution is 2.36. The zero-order valence-electron chi connectivity index (χ0n) is 13.9. The Balaban J connectivity index is 2.12. The third-order valence-corrected chi connectivity index (χ3v) is 3.34. The van der Waals surface area contributed by atoms with Gasteiger partial charge in [-0.1, -0.05) is 18.5 Å². The van der Waals surface area contributed by atoms with Crippen LogP contribution in [0.5, 0.6) is 0 Å². The second-order valence-electron chi connectivity index (χ2n) is 5.50. The van der Waals surface area contributed by atoms with Crippen LogP contribution < -0.4 is 10.6 Å². The van der Waals surface area contributed by atoms with Crippen LogP contribution in [-0.2, 0) is 23.9 Å². The van der Waals surface area contributed by atoms with Crippen molar-refractivity contribution in [2.24, 2.45) is 0 Å². The van der Waals surface area contributed by atoms with Crippen LogP contribution in [0.2, 0.25) is 0 Å². The SMILES string of the molecule is CCCCc1noc(CNc2ccc(NC(C)=O)cc2C(F)(F)F)n1. The van der Waals surface area contributed by atoms with Gasteiger partial charge in [-0.25, -0.2) is 0 Å². The average molecular weight is 356 g/mol. The summed E-state index contributed by atoms with van der Waals surface area (Å²) in [5.41, 5.74) is -0.940. The Hall–Kier alpha value is -2.58. The predicted octanol–water partition coefficient (Wildman–Crippen LogP) is 4.00. The van der Waals surface area contributed by atoms with E-state index in [2.05, 4.69) is 20.8 Å². The van der Waals surface area contributed by atoms with E-state index in [1.54, 1.807) is 0 Å². The van der Waals surface area contributed by atoms with Crippen LogP contribution in [0.4, 0.5) is 24.5 Å². The number of nitrogens with one attached hydrogen (secondary N) is 2. The molecule has 0 fully saturated rings. The second kappa shape index (κ2) is 8.00. The Morgan fingerprint density at radius 1 is 1.32 bits per heavy atom. The minimum Gasteiger partial charge on any atom is -0.376 e. The van der Waals surface area contributed by atoms with Crippen molar-refractivity contribution in [3.8, 4) is 0 Å². The fourth-order valence-electron chi connectivity index (χ4n) is 2.18. The third-order valence-electron chi connectivity index (χ3n) is 3.34. The van der Waals surface area contributed by atoms with Gasteiger partial charge in [0.1, 0.15) is 0 Å². The monoisotopic (exact) mass is 356 g/mol. The summed E-state index contributed by atoms with van der Waals surface area (Å²) >= 11 is 0. The molecule has 1 amide bonds. The number of carbonyl (C=O) groups is 1. The quantitative estimate of drug-likeness (QED) is 0.784. The highest BCUT2D eigenvalue weighted by molar-refractivity contribution is 5.89. The number of aryl methyl sites for hydroxylation is 1.